The summed E-state index contributed by atoms with van der Waals surface area (Å²) in [5.41, 5.74) is 0. The Hall–Kier alpha value is -1.96. The Morgan fingerprint density at radius 2 is 1.03 bits per heavy atom. The molecule has 8 nitrogen and oxygen atoms in total. The molecule has 8 heteroatoms. The van der Waals surface area contributed by atoms with Gasteiger partial charge >= 0.3 is 5.97 Å². The summed E-state index contributed by atoms with van der Waals surface area (Å²) >= 11 is 0. The van der Waals surface area contributed by atoms with E-state index >= 15 is 0 Å². The highest BCUT2D eigenvalue weighted by Gasteiger charge is 2.33. The van der Waals surface area contributed by atoms with E-state index in [4.69, 9.17) is 9.47 Å². The maximum atomic E-state index is 12.8. The summed E-state index contributed by atoms with van der Waals surface area (Å²) in [6.07, 6.45) is 11.3. The van der Waals surface area contributed by atoms with Crippen LogP contribution in [0.4, 0.5) is 0 Å². The molecule has 3 rings (SSSR count). The number of rotatable bonds is 11. The molecule has 0 atom stereocenters. The minimum Gasteiger partial charge on any atom is -0.465 e. The maximum Gasteiger partial charge on any atom is 0.308 e. The number of ether oxygens (including phenoxy) is 2. The summed E-state index contributed by atoms with van der Waals surface area (Å²) < 4.78 is 10.4. The molecule has 0 aliphatic heterocycles. The van der Waals surface area contributed by atoms with Crippen molar-refractivity contribution in [1.82, 2.24) is 10.6 Å². The Morgan fingerprint density at radius 1 is 0.611 bits per heavy atom. The van der Waals surface area contributed by atoms with E-state index in [1.165, 1.54) is 0 Å². The van der Waals surface area contributed by atoms with Gasteiger partial charge in [0.15, 0.2) is 0 Å². The number of carbonyl (C=O) groups excluding carboxylic acids is 4. The van der Waals surface area contributed by atoms with Crippen LogP contribution in [0.1, 0.15) is 96.8 Å². The lowest BCUT2D eigenvalue weighted by Crippen LogP contribution is -2.47. The number of Topliss-reactive ketones (excluding diaryl/α,β-unsaturated/α-hetero) is 1. The van der Waals surface area contributed by atoms with Gasteiger partial charge < -0.3 is 20.1 Å². The molecular weight excluding hydrogens is 460 g/mol. The minimum atomic E-state index is -0.126. The summed E-state index contributed by atoms with van der Waals surface area (Å²) in [4.78, 5) is 49.3. The van der Waals surface area contributed by atoms with Gasteiger partial charge in [0.2, 0.25) is 11.8 Å². The Kier molecular flexibility index (Phi) is 11.7. The Labute approximate surface area is 216 Å². The third-order valence-corrected chi connectivity index (χ3v) is 8.51. The first kappa shape index (κ1) is 28.6. The fourth-order valence-corrected chi connectivity index (χ4v) is 6.01. The molecule has 0 aromatic rings. The highest BCUT2D eigenvalue weighted by Crippen LogP contribution is 2.32. The van der Waals surface area contributed by atoms with Gasteiger partial charge in [-0.05, 0) is 96.8 Å². The molecule has 204 valence electrons. The van der Waals surface area contributed by atoms with Crippen LogP contribution in [0, 0.1) is 23.7 Å². The van der Waals surface area contributed by atoms with Crippen molar-refractivity contribution in [2.45, 2.75) is 109 Å². The van der Waals surface area contributed by atoms with Crippen LogP contribution < -0.4 is 10.6 Å². The van der Waals surface area contributed by atoms with Crippen LogP contribution in [0.2, 0.25) is 0 Å². The Morgan fingerprint density at radius 3 is 1.47 bits per heavy atom. The predicted octanol–water partition coefficient (Wildman–Crippen LogP) is 3.70. The molecular formula is C28H46N2O6. The highest BCUT2D eigenvalue weighted by molar-refractivity contribution is 5.81. The number of methoxy groups -OCH3 is 1. The van der Waals surface area contributed by atoms with E-state index in [9.17, 15) is 19.2 Å². The van der Waals surface area contributed by atoms with Gasteiger partial charge in [0.05, 0.1) is 12.5 Å². The Balaban J connectivity index is 1.28. The van der Waals surface area contributed by atoms with Gasteiger partial charge in [0, 0.05) is 43.6 Å². The second-order valence-electron chi connectivity index (χ2n) is 11.1. The highest BCUT2D eigenvalue weighted by atomic mass is 16.5. The number of ketones is 1. The predicted molar refractivity (Wildman–Crippen MR) is 136 cm³/mol. The number of hydrogen-bond donors (Lipinski definition) is 2. The second-order valence-corrected chi connectivity index (χ2v) is 11.1. The van der Waals surface area contributed by atoms with Crippen molar-refractivity contribution in [1.29, 1.82) is 0 Å². The second kappa shape index (κ2) is 14.7. The number of nitrogens with one attached hydrogen (secondary N) is 2. The molecule has 0 radical (unpaired) electrons. The lowest BCUT2D eigenvalue weighted by atomic mass is 9.79. The molecule has 0 saturated heterocycles. The molecule has 0 aromatic carbocycles. The molecule has 3 fully saturated rings. The largest absolute Gasteiger partial charge is 0.465 e. The van der Waals surface area contributed by atoms with Crippen LogP contribution in [0.5, 0.6) is 0 Å². The van der Waals surface area contributed by atoms with Gasteiger partial charge in [-0.3, -0.25) is 19.2 Å². The van der Waals surface area contributed by atoms with Gasteiger partial charge in [-0.15, -0.1) is 0 Å². The Bertz CT molecular complexity index is 732. The van der Waals surface area contributed by atoms with E-state index < -0.39 is 0 Å². The third-order valence-electron chi connectivity index (χ3n) is 8.51. The fourth-order valence-electron chi connectivity index (χ4n) is 6.01. The van der Waals surface area contributed by atoms with Crippen molar-refractivity contribution in [2.24, 2.45) is 23.7 Å². The van der Waals surface area contributed by atoms with Crippen LogP contribution in [0.15, 0.2) is 0 Å². The van der Waals surface area contributed by atoms with Gasteiger partial charge in [0.25, 0.3) is 0 Å². The van der Waals surface area contributed by atoms with Gasteiger partial charge in [-0.2, -0.15) is 0 Å². The number of unbranched alkanes of at least 4 members (excludes halogenated alkanes) is 1. The summed E-state index contributed by atoms with van der Waals surface area (Å²) in [7, 11) is 1.66. The third kappa shape index (κ3) is 8.86. The standard InChI is InChI=1S/C28H46N2O6/c1-19(31)20-5-7-21(8-6-20)26(32)29-24-13-15-25(16-14-24)30-27(33)22-9-11-23(12-10-22)28(34)36-18-4-3-17-35-2/h20-25H,3-18H2,1-2H3,(H,29,32)(H,30,33). The molecule has 0 aromatic heterocycles. The van der Waals surface area contributed by atoms with Crippen molar-refractivity contribution >= 4 is 23.6 Å². The van der Waals surface area contributed by atoms with Crippen molar-refractivity contribution in [2.75, 3.05) is 20.3 Å². The van der Waals surface area contributed by atoms with Gasteiger partial charge in [-0.1, -0.05) is 0 Å². The monoisotopic (exact) mass is 506 g/mol. The average Bonchev–Trinajstić information content (AvgIpc) is 2.89. The van der Waals surface area contributed by atoms with Crippen LogP contribution in [-0.2, 0) is 28.7 Å². The molecule has 0 bridgehead atoms. The van der Waals surface area contributed by atoms with Crippen molar-refractivity contribution in [3.63, 3.8) is 0 Å². The number of esters is 1. The van der Waals surface area contributed by atoms with Gasteiger partial charge in [0.1, 0.15) is 5.78 Å². The van der Waals surface area contributed by atoms with Crippen LogP contribution >= 0.6 is 0 Å². The zero-order chi connectivity index (χ0) is 25.9. The zero-order valence-electron chi connectivity index (χ0n) is 22.2. The zero-order valence-corrected chi connectivity index (χ0v) is 22.2. The molecule has 3 saturated carbocycles. The van der Waals surface area contributed by atoms with E-state index in [0.29, 0.717) is 26.1 Å². The van der Waals surface area contributed by atoms with Gasteiger partial charge in [-0.25, -0.2) is 0 Å². The van der Waals surface area contributed by atoms with E-state index in [-0.39, 0.29) is 59.3 Å². The molecule has 36 heavy (non-hydrogen) atoms. The lowest BCUT2D eigenvalue weighted by molar-refractivity contribution is -0.151. The van der Waals surface area contributed by atoms with E-state index in [1.807, 2.05) is 0 Å². The molecule has 2 N–H and O–H groups in total. The van der Waals surface area contributed by atoms with E-state index in [2.05, 4.69) is 10.6 Å². The molecule has 0 spiro atoms. The average molecular weight is 507 g/mol. The fraction of sp³-hybridized carbons (Fsp3) is 0.857. The van der Waals surface area contributed by atoms with Crippen molar-refractivity contribution < 1.29 is 28.7 Å². The van der Waals surface area contributed by atoms with E-state index in [0.717, 1.165) is 77.0 Å². The maximum absolute atomic E-state index is 12.8. The van der Waals surface area contributed by atoms with E-state index in [1.54, 1.807) is 14.0 Å². The topological polar surface area (TPSA) is 111 Å². The SMILES string of the molecule is COCCCCOC(=O)C1CCC(C(=O)NC2CCC(NC(=O)C3CCC(C(C)=O)CC3)CC2)CC1. The number of hydrogen-bond acceptors (Lipinski definition) is 6. The molecule has 3 aliphatic rings. The first-order valence-corrected chi connectivity index (χ1v) is 14.1. The summed E-state index contributed by atoms with van der Waals surface area (Å²) in [5.74, 6) is 0.402. The van der Waals surface area contributed by atoms with Crippen molar-refractivity contribution in [3.05, 3.63) is 0 Å². The van der Waals surface area contributed by atoms with Crippen LogP contribution in [0.3, 0.4) is 0 Å². The summed E-state index contributed by atoms with van der Waals surface area (Å²) in [6.45, 7) is 2.77. The molecule has 3 aliphatic carbocycles. The smallest absolute Gasteiger partial charge is 0.308 e. The lowest BCUT2D eigenvalue weighted by Gasteiger charge is -2.33. The van der Waals surface area contributed by atoms with Crippen LogP contribution in [0.25, 0.3) is 0 Å². The van der Waals surface area contributed by atoms with Crippen molar-refractivity contribution in [3.8, 4) is 0 Å². The quantitative estimate of drug-likeness (QED) is 0.327. The molecule has 0 heterocycles. The number of amides is 2. The summed E-state index contributed by atoms with van der Waals surface area (Å²) in [6, 6.07) is 0.332. The molecule has 0 unspecified atom stereocenters. The van der Waals surface area contributed by atoms with Crippen LogP contribution in [-0.4, -0.2) is 56.0 Å². The molecule has 2 amide bonds. The minimum absolute atomic E-state index is 0.0288. The normalized spacial score (nSPS) is 30.7. The summed E-state index contributed by atoms with van der Waals surface area (Å²) in [5, 5.41) is 6.45. The first-order valence-electron chi connectivity index (χ1n) is 14.1. The first-order chi connectivity index (χ1) is 17.4. The number of carbonyl (C=O) groups is 4.